The van der Waals surface area contributed by atoms with E-state index in [9.17, 15) is 4.79 Å². The average Bonchev–Trinajstić information content (AvgIpc) is 3.57. The molecule has 9 nitrogen and oxygen atoms in total. The van der Waals surface area contributed by atoms with Crippen molar-refractivity contribution in [2.75, 3.05) is 49.9 Å². The number of aliphatic imine (C=N–C) groups is 3. The van der Waals surface area contributed by atoms with E-state index in [0.29, 0.717) is 11.4 Å². The summed E-state index contributed by atoms with van der Waals surface area (Å²) < 4.78 is 0. The van der Waals surface area contributed by atoms with Crippen molar-refractivity contribution in [2.45, 2.75) is 0 Å². The molecule has 0 bridgehead atoms. The Bertz CT molecular complexity index is 1060. The Balaban J connectivity index is 1.35. The van der Waals surface area contributed by atoms with Gasteiger partial charge in [-0.2, -0.15) is 0 Å². The molecule has 0 saturated heterocycles. The van der Waals surface area contributed by atoms with Crippen LogP contribution in [-0.4, -0.2) is 62.8 Å². The van der Waals surface area contributed by atoms with E-state index < -0.39 is 0 Å². The molecule has 0 atom stereocenters. The van der Waals surface area contributed by atoms with Crippen LogP contribution in [0.15, 0.2) is 57.4 Å². The van der Waals surface area contributed by atoms with Crippen molar-refractivity contribution in [1.29, 1.82) is 0 Å². The number of nitrogens with one attached hydrogen (secondary N) is 5. The zero-order valence-electron chi connectivity index (χ0n) is 17.0. The molecule has 0 spiro atoms. The van der Waals surface area contributed by atoms with Crippen LogP contribution in [0.1, 0.15) is 16.7 Å². The van der Waals surface area contributed by atoms with Gasteiger partial charge in [0.05, 0.1) is 19.6 Å². The van der Waals surface area contributed by atoms with Gasteiger partial charge in [0.2, 0.25) is 0 Å². The van der Waals surface area contributed by atoms with E-state index in [-0.39, 0.29) is 6.03 Å². The summed E-state index contributed by atoms with van der Waals surface area (Å²) in [5.41, 5.74) is 4.18. The highest BCUT2D eigenvalue weighted by Crippen LogP contribution is 2.19. The maximum absolute atomic E-state index is 12.7. The molecule has 0 aromatic heterocycles. The number of hydrogen-bond acceptors (Lipinski definition) is 7. The quantitative estimate of drug-likeness (QED) is 0.507. The Hall–Kier alpha value is -3.88. The number of hydrogen-bond donors (Lipinski definition) is 5. The van der Waals surface area contributed by atoms with Crippen molar-refractivity contribution in [3.05, 3.63) is 59.2 Å². The van der Waals surface area contributed by atoms with Gasteiger partial charge in [0.1, 0.15) is 17.5 Å². The van der Waals surface area contributed by atoms with E-state index >= 15 is 0 Å². The van der Waals surface area contributed by atoms with Gasteiger partial charge in [-0.3, -0.25) is 15.0 Å². The molecule has 3 aliphatic rings. The second-order valence-corrected chi connectivity index (χ2v) is 7.43. The van der Waals surface area contributed by atoms with E-state index in [1.165, 1.54) is 0 Å². The molecule has 2 aromatic carbocycles. The van der Waals surface area contributed by atoms with Crippen molar-refractivity contribution >= 4 is 34.9 Å². The SMILES string of the molecule is O=C(Nc1cccc(C2=NCCN2)c1)Nc1cc(C2=NCCN2)cc(C2=NCCN2)c1. The molecule has 31 heavy (non-hydrogen) atoms. The summed E-state index contributed by atoms with van der Waals surface area (Å²) in [5.74, 6) is 2.53. The molecule has 0 aliphatic carbocycles. The molecule has 0 unspecified atom stereocenters. The lowest BCUT2D eigenvalue weighted by molar-refractivity contribution is 0.262. The van der Waals surface area contributed by atoms with Gasteiger partial charge in [-0.25, -0.2) is 4.79 Å². The van der Waals surface area contributed by atoms with Gasteiger partial charge in [-0.05, 0) is 30.3 Å². The molecule has 3 heterocycles. The fraction of sp³-hybridized carbons (Fsp3) is 0.273. The fourth-order valence-electron chi connectivity index (χ4n) is 3.78. The molecule has 0 saturated carbocycles. The Kier molecular flexibility index (Phi) is 5.22. The summed E-state index contributed by atoms with van der Waals surface area (Å²) in [5, 5.41) is 15.7. The van der Waals surface area contributed by atoms with Gasteiger partial charge in [0.15, 0.2) is 0 Å². The summed E-state index contributed by atoms with van der Waals surface area (Å²) >= 11 is 0. The number of amides is 2. The number of nitrogens with zero attached hydrogens (tertiary/aromatic N) is 3. The molecule has 5 rings (SSSR count). The number of anilines is 2. The lowest BCUT2D eigenvalue weighted by Crippen LogP contribution is -2.24. The van der Waals surface area contributed by atoms with Crippen LogP contribution in [0, 0.1) is 0 Å². The first-order valence-electron chi connectivity index (χ1n) is 10.4. The van der Waals surface area contributed by atoms with Gasteiger partial charge in [0, 0.05) is 47.7 Å². The average molecular weight is 416 g/mol. The largest absolute Gasteiger partial charge is 0.368 e. The Morgan fingerprint density at radius 3 is 1.74 bits per heavy atom. The predicted molar refractivity (Wildman–Crippen MR) is 124 cm³/mol. The van der Waals surface area contributed by atoms with Gasteiger partial charge >= 0.3 is 6.03 Å². The zero-order valence-corrected chi connectivity index (χ0v) is 17.0. The van der Waals surface area contributed by atoms with Crippen LogP contribution in [-0.2, 0) is 0 Å². The van der Waals surface area contributed by atoms with E-state index in [4.69, 9.17) is 0 Å². The van der Waals surface area contributed by atoms with E-state index in [1.54, 1.807) is 0 Å². The molecule has 0 fully saturated rings. The first kappa shape index (κ1) is 19.1. The molecule has 2 amide bonds. The Labute approximate surface area is 180 Å². The molecule has 9 heteroatoms. The first-order chi connectivity index (χ1) is 15.2. The van der Waals surface area contributed by atoms with Crippen LogP contribution in [0.3, 0.4) is 0 Å². The maximum Gasteiger partial charge on any atom is 0.323 e. The minimum absolute atomic E-state index is 0.316. The number of carbonyl (C=O) groups is 1. The smallest absolute Gasteiger partial charge is 0.323 e. The van der Waals surface area contributed by atoms with Crippen LogP contribution >= 0.6 is 0 Å². The third-order valence-electron chi connectivity index (χ3n) is 5.15. The normalized spacial score (nSPS) is 17.1. The minimum atomic E-state index is -0.316. The molecule has 158 valence electrons. The van der Waals surface area contributed by atoms with Crippen molar-refractivity contribution in [2.24, 2.45) is 15.0 Å². The second kappa shape index (κ2) is 8.47. The maximum atomic E-state index is 12.7. The van der Waals surface area contributed by atoms with Crippen LogP contribution in [0.25, 0.3) is 0 Å². The zero-order chi connectivity index (χ0) is 21.0. The minimum Gasteiger partial charge on any atom is -0.368 e. The molecule has 5 N–H and O–H groups in total. The van der Waals surface area contributed by atoms with Gasteiger partial charge < -0.3 is 26.6 Å². The molecular formula is C22H24N8O. The topological polar surface area (TPSA) is 114 Å². The predicted octanol–water partition coefficient (Wildman–Crippen LogP) is 1.38. The van der Waals surface area contributed by atoms with E-state index in [1.807, 2.05) is 42.5 Å². The van der Waals surface area contributed by atoms with Crippen LogP contribution < -0.4 is 26.6 Å². The number of benzene rings is 2. The van der Waals surface area contributed by atoms with Gasteiger partial charge in [-0.1, -0.05) is 12.1 Å². The molecular weight excluding hydrogens is 392 g/mol. The van der Waals surface area contributed by atoms with Gasteiger partial charge in [-0.15, -0.1) is 0 Å². The Morgan fingerprint density at radius 2 is 1.19 bits per heavy atom. The van der Waals surface area contributed by atoms with Crippen LogP contribution in [0.5, 0.6) is 0 Å². The summed E-state index contributed by atoms with van der Waals surface area (Å²) in [6.07, 6.45) is 0. The second-order valence-electron chi connectivity index (χ2n) is 7.43. The highest BCUT2D eigenvalue weighted by molar-refractivity contribution is 6.08. The monoisotopic (exact) mass is 416 g/mol. The van der Waals surface area contributed by atoms with Crippen molar-refractivity contribution in [3.8, 4) is 0 Å². The van der Waals surface area contributed by atoms with Crippen molar-refractivity contribution < 1.29 is 4.79 Å². The third-order valence-corrected chi connectivity index (χ3v) is 5.15. The van der Waals surface area contributed by atoms with E-state index in [0.717, 1.165) is 73.5 Å². The molecule has 3 aliphatic heterocycles. The van der Waals surface area contributed by atoms with Crippen molar-refractivity contribution in [1.82, 2.24) is 16.0 Å². The Morgan fingerprint density at radius 1 is 0.677 bits per heavy atom. The molecule has 2 aromatic rings. The molecule has 0 radical (unpaired) electrons. The number of carbonyl (C=O) groups excluding carboxylic acids is 1. The fourth-order valence-corrected chi connectivity index (χ4v) is 3.78. The first-order valence-corrected chi connectivity index (χ1v) is 10.4. The highest BCUT2D eigenvalue weighted by Gasteiger charge is 2.16. The van der Waals surface area contributed by atoms with Gasteiger partial charge in [0.25, 0.3) is 0 Å². The summed E-state index contributed by atoms with van der Waals surface area (Å²) in [4.78, 5) is 26.2. The summed E-state index contributed by atoms with van der Waals surface area (Å²) in [6, 6.07) is 13.2. The third kappa shape index (κ3) is 4.35. The highest BCUT2D eigenvalue weighted by atomic mass is 16.2. The summed E-state index contributed by atoms with van der Waals surface area (Å²) in [6.45, 7) is 4.74. The lowest BCUT2D eigenvalue weighted by Gasteiger charge is -2.13. The number of amidine groups is 3. The van der Waals surface area contributed by atoms with E-state index in [2.05, 4.69) is 41.6 Å². The lowest BCUT2D eigenvalue weighted by atomic mass is 10.1. The summed E-state index contributed by atoms with van der Waals surface area (Å²) in [7, 11) is 0. The number of urea groups is 1. The van der Waals surface area contributed by atoms with Crippen molar-refractivity contribution in [3.63, 3.8) is 0 Å². The standard InChI is InChI=1S/C22H24N8O/c31-22(29-17-3-1-2-14(11-17)19-23-4-5-24-19)30-18-12-15(20-25-6-7-26-20)10-16(13-18)21-27-8-9-28-21/h1-3,10-13H,4-9H2,(H,23,24)(H,25,26)(H,27,28)(H2,29,30,31). The van der Waals surface area contributed by atoms with Crippen LogP contribution in [0.4, 0.5) is 16.2 Å². The number of rotatable bonds is 5. The van der Waals surface area contributed by atoms with Crippen LogP contribution in [0.2, 0.25) is 0 Å².